The smallest absolute Gasteiger partial charge is 0.334 e. The van der Waals surface area contributed by atoms with Gasteiger partial charge in [-0.3, -0.25) is 0 Å². The van der Waals surface area contributed by atoms with E-state index in [1.807, 2.05) is 6.92 Å². The zero-order chi connectivity index (χ0) is 25.1. The van der Waals surface area contributed by atoms with Crippen LogP contribution < -0.4 is 0 Å². The summed E-state index contributed by atoms with van der Waals surface area (Å²) in [5.74, 6) is 0.146. The normalized spacial score (nSPS) is 55.4. The van der Waals surface area contributed by atoms with Gasteiger partial charge in [-0.15, -0.1) is 0 Å². The van der Waals surface area contributed by atoms with Crippen molar-refractivity contribution in [3.05, 3.63) is 24.3 Å². The van der Waals surface area contributed by atoms with Crippen LogP contribution >= 0.6 is 0 Å². The van der Waals surface area contributed by atoms with Crippen LogP contribution in [0.3, 0.4) is 0 Å². The molecule has 5 heteroatoms. The summed E-state index contributed by atoms with van der Waals surface area (Å²) >= 11 is 0. The molecule has 6 rings (SSSR count). The van der Waals surface area contributed by atoms with Gasteiger partial charge in [0.2, 0.25) is 0 Å². The number of hydrogen-bond donors (Lipinski definition) is 1. The van der Waals surface area contributed by atoms with Gasteiger partial charge in [-0.2, -0.15) is 0 Å². The number of ether oxygens (including phenoxy) is 2. The lowest BCUT2D eigenvalue weighted by Gasteiger charge is -2.67. The van der Waals surface area contributed by atoms with Crippen LogP contribution in [0, 0.1) is 45.8 Å². The van der Waals surface area contributed by atoms with Crippen LogP contribution in [0.4, 0.5) is 0 Å². The third kappa shape index (κ3) is 2.97. The summed E-state index contributed by atoms with van der Waals surface area (Å²) in [6.45, 7) is 17.4. The Morgan fingerprint density at radius 1 is 0.743 bits per heavy atom. The van der Waals surface area contributed by atoms with Crippen molar-refractivity contribution in [3.8, 4) is 0 Å². The molecule has 192 valence electrons. The summed E-state index contributed by atoms with van der Waals surface area (Å²) in [7, 11) is 0. The molecule has 0 aromatic rings. The van der Waals surface area contributed by atoms with Gasteiger partial charge in [0.25, 0.3) is 0 Å². The van der Waals surface area contributed by atoms with E-state index in [1.54, 1.807) is 0 Å². The molecule has 2 saturated heterocycles. The molecule has 6 fully saturated rings. The highest BCUT2D eigenvalue weighted by Crippen LogP contribution is 2.71. The molecule has 2 heterocycles. The number of carbonyl (C=O) groups is 2. The fraction of sp³-hybridized carbons (Fsp3) is 0.800. The monoisotopic (exact) mass is 482 g/mol. The highest BCUT2D eigenvalue weighted by molar-refractivity contribution is 5.91. The van der Waals surface area contributed by atoms with Crippen molar-refractivity contribution in [2.24, 2.45) is 45.8 Å². The predicted octanol–water partition coefficient (Wildman–Crippen LogP) is 5.37. The molecule has 2 aliphatic heterocycles. The van der Waals surface area contributed by atoms with E-state index in [0.717, 1.165) is 38.5 Å². The van der Waals surface area contributed by atoms with Crippen LogP contribution in [0.5, 0.6) is 0 Å². The molecule has 0 aromatic carbocycles. The molecule has 0 amide bonds. The van der Waals surface area contributed by atoms with Crippen molar-refractivity contribution >= 4 is 11.9 Å². The average Bonchev–Trinajstić information content (AvgIpc) is 3.21. The maximum atomic E-state index is 12.7. The Morgan fingerprint density at radius 2 is 1.29 bits per heavy atom. The van der Waals surface area contributed by atoms with Gasteiger partial charge in [0, 0.05) is 34.8 Å². The van der Waals surface area contributed by atoms with Gasteiger partial charge in [0.05, 0.1) is 5.60 Å². The summed E-state index contributed by atoms with van der Waals surface area (Å²) in [5.41, 5.74) is 0.285. The van der Waals surface area contributed by atoms with Gasteiger partial charge in [0.15, 0.2) is 0 Å². The molecule has 11 unspecified atom stereocenters. The molecule has 1 N–H and O–H groups in total. The molecule has 0 radical (unpaired) electrons. The lowest BCUT2D eigenvalue weighted by Crippen LogP contribution is -2.66. The Hall–Kier alpha value is -1.62. The van der Waals surface area contributed by atoms with E-state index >= 15 is 0 Å². The minimum absolute atomic E-state index is 0.00778. The third-order valence-corrected chi connectivity index (χ3v) is 12.2. The number of rotatable bonds is 1. The second-order valence-electron chi connectivity index (χ2n) is 14.0. The zero-order valence-electron chi connectivity index (χ0n) is 21.9. The third-order valence-electron chi connectivity index (χ3n) is 12.2. The molecular weight excluding hydrogens is 440 g/mol. The highest BCUT2D eigenvalue weighted by Gasteiger charge is 2.69. The molecule has 0 spiro atoms. The summed E-state index contributed by atoms with van der Waals surface area (Å²) < 4.78 is 12.1. The number of carbonyl (C=O) groups excluding carboxylic acids is 2. The van der Waals surface area contributed by atoms with Crippen molar-refractivity contribution in [2.75, 3.05) is 0 Å². The van der Waals surface area contributed by atoms with Crippen molar-refractivity contribution in [3.63, 3.8) is 0 Å². The summed E-state index contributed by atoms with van der Waals surface area (Å²) in [6, 6.07) is 0. The van der Waals surface area contributed by atoms with Gasteiger partial charge >= 0.3 is 11.9 Å². The predicted molar refractivity (Wildman–Crippen MR) is 132 cm³/mol. The van der Waals surface area contributed by atoms with Crippen LogP contribution in [0.2, 0.25) is 0 Å². The van der Waals surface area contributed by atoms with E-state index in [9.17, 15) is 14.7 Å². The molecule has 0 aromatic heterocycles. The Kier molecular flexibility index (Phi) is 4.91. The minimum Gasteiger partial charge on any atom is -0.458 e. The molecule has 5 nitrogen and oxygen atoms in total. The summed E-state index contributed by atoms with van der Waals surface area (Å²) in [4.78, 5) is 25.2. The fourth-order valence-electron chi connectivity index (χ4n) is 10.9. The summed E-state index contributed by atoms with van der Waals surface area (Å²) in [6.07, 6.45) is 8.64. The van der Waals surface area contributed by atoms with Crippen LogP contribution in [0.1, 0.15) is 85.5 Å². The first-order valence-corrected chi connectivity index (χ1v) is 13.9. The Labute approximate surface area is 209 Å². The second-order valence-corrected chi connectivity index (χ2v) is 14.0. The maximum Gasteiger partial charge on any atom is 0.334 e. The SMILES string of the molecule is C=C1C(=O)OC2C1CCC1(C)C2C(C)(O)CCC1C1(C)CCCC2(C)CCC3C(=C)C(=O)OC3C21. The minimum atomic E-state index is -0.892. The maximum absolute atomic E-state index is 12.7. The number of fused-ring (bicyclic) bond motifs is 6. The molecular formula is C30H42O5. The summed E-state index contributed by atoms with van der Waals surface area (Å²) in [5, 5.41) is 11.8. The van der Waals surface area contributed by atoms with Crippen LogP contribution in [0.25, 0.3) is 0 Å². The van der Waals surface area contributed by atoms with Crippen molar-refractivity contribution in [1.82, 2.24) is 0 Å². The van der Waals surface area contributed by atoms with Crippen LogP contribution in [-0.4, -0.2) is 34.9 Å². The Bertz CT molecular complexity index is 1010. The number of hydrogen-bond acceptors (Lipinski definition) is 5. The molecule has 4 saturated carbocycles. The molecule has 35 heavy (non-hydrogen) atoms. The van der Waals surface area contributed by atoms with E-state index in [0.29, 0.717) is 23.5 Å². The number of aliphatic hydroxyl groups is 1. The highest BCUT2D eigenvalue weighted by atomic mass is 16.6. The van der Waals surface area contributed by atoms with E-state index in [4.69, 9.17) is 9.47 Å². The largest absolute Gasteiger partial charge is 0.458 e. The van der Waals surface area contributed by atoms with Crippen molar-refractivity contribution in [1.29, 1.82) is 0 Å². The van der Waals surface area contributed by atoms with E-state index in [-0.39, 0.29) is 64.1 Å². The van der Waals surface area contributed by atoms with Crippen LogP contribution in [0.15, 0.2) is 24.3 Å². The first-order valence-electron chi connectivity index (χ1n) is 13.9. The first kappa shape index (κ1) is 23.8. The lowest BCUT2D eigenvalue weighted by molar-refractivity contribution is -0.240. The van der Waals surface area contributed by atoms with Gasteiger partial charge in [0.1, 0.15) is 12.2 Å². The molecule has 6 aliphatic rings. The van der Waals surface area contributed by atoms with E-state index in [1.165, 1.54) is 12.8 Å². The molecule has 4 aliphatic carbocycles. The van der Waals surface area contributed by atoms with Gasteiger partial charge in [-0.25, -0.2) is 9.59 Å². The van der Waals surface area contributed by atoms with Gasteiger partial charge < -0.3 is 14.6 Å². The van der Waals surface area contributed by atoms with Crippen LogP contribution in [-0.2, 0) is 19.1 Å². The first-order chi connectivity index (χ1) is 16.3. The lowest BCUT2D eigenvalue weighted by atomic mass is 9.38. The second kappa shape index (κ2) is 7.24. The standard InChI is InChI=1S/C30H42O5/c1-16-18-8-13-27(3)11-7-12-28(4,23(27)21(18)34-25(16)31)20-10-15-30(6,33)24-22-19(9-14-29(20,24)5)17(2)26(32)35-22/h18-24,33H,1-2,7-15H2,3-6H3. The average molecular weight is 483 g/mol. The number of esters is 2. The molecule has 0 bridgehead atoms. The topological polar surface area (TPSA) is 72.8 Å². The van der Waals surface area contributed by atoms with Crippen molar-refractivity contribution < 1.29 is 24.2 Å². The van der Waals surface area contributed by atoms with E-state index in [2.05, 4.69) is 33.9 Å². The Morgan fingerprint density at radius 3 is 1.91 bits per heavy atom. The van der Waals surface area contributed by atoms with Gasteiger partial charge in [-0.05, 0) is 80.5 Å². The van der Waals surface area contributed by atoms with E-state index < -0.39 is 5.60 Å². The zero-order valence-corrected chi connectivity index (χ0v) is 21.9. The molecule has 11 atom stereocenters. The van der Waals surface area contributed by atoms with Gasteiger partial charge in [-0.1, -0.05) is 40.3 Å². The quantitative estimate of drug-likeness (QED) is 0.402. The fourth-order valence-corrected chi connectivity index (χ4v) is 10.9. The Balaban J connectivity index is 1.44. The van der Waals surface area contributed by atoms with Crippen molar-refractivity contribution in [2.45, 2.75) is 103 Å².